The van der Waals surface area contributed by atoms with Crippen molar-refractivity contribution in [3.05, 3.63) is 97.7 Å². The molecule has 0 amide bonds. The van der Waals surface area contributed by atoms with Gasteiger partial charge in [0.05, 0.1) is 88.5 Å². The molecule has 134 heavy (non-hydrogen) atoms. The van der Waals surface area contributed by atoms with Gasteiger partial charge in [-0.15, -0.1) is 21.7 Å². The minimum absolute atomic E-state index is 0.0520. The third-order valence-corrected chi connectivity index (χ3v) is 31.4. The number of aromatic nitrogens is 24. The van der Waals surface area contributed by atoms with Crippen LogP contribution in [0.3, 0.4) is 0 Å². The molecular formula is C62H69F3N30O27P6S6. The topological polar surface area (TPSA) is 761 Å². The lowest BCUT2D eigenvalue weighted by molar-refractivity contribution is -0.0891. The lowest BCUT2D eigenvalue weighted by Gasteiger charge is -2.32. The maximum absolute atomic E-state index is 15.9. The van der Waals surface area contributed by atoms with E-state index < -0.39 is 225 Å². The van der Waals surface area contributed by atoms with Crippen LogP contribution in [0.4, 0.5) is 48.3 Å². The molecule has 12 aromatic rings. The quantitative estimate of drug-likeness (QED) is 0.0600. The molecular weight excluding hydrogens is 2030 g/mol. The number of hydrogen-bond donors (Lipinski definition) is 15. The standard InChI is InChI=1S/C22H23FN10O9P2S2.2C20H23FN10O9P2S2/c1-2-22-7-38-44(36,46)42-16-13(23)10(39-20(16)33-18-15(30-31-33)19(34)29-21(25)28-18)6-37-43(35,45)41-11(22)5-12(40-22)32-8-27-14-9(24)3-4-26-17(14)32;2*21-13-11-6-36-41(33,43)39-9-3-8(7-4-25-30-12(22)1-2-24-16(7)30)37-10(9)5-35-42(34,44)40-15(13)19(38-11)31-17-14(28-29-31)18(32)27-20(23)26-17/h1,3-4,8,10-13,16,20H,5-7H2,(H2,24,26)(H,35,45)(H,36,46)(H3,25,28,29,34);2*1-2,4,8-11,13,15,19H,3,5-6,22H2,(H,33,43)(H,34,44)(H3,23,26,27,32)/t10-,11+,12-,13+,16-,20-,22-,43?,44?;2*8-,9+,10-,11-,13+,15-,19-,41?,42?/m111/s1. The summed E-state index contributed by atoms with van der Waals surface area (Å²) >= 11 is 30.2. The molecule has 0 spiro atoms. The number of nitrogens with one attached hydrogen (secondary N) is 3. The number of hydrogen-bond acceptors (Lipinski definition) is 48. The zero-order chi connectivity index (χ0) is 94.5. The van der Waals surface area contributed by atoms with Gasteiger partial charge in [0.25, 0.3) is 16.7 Å². The molecule has 0 aliphatic carbocycles. The number of imidazole rings is 1. The van der Waals surface area contributed by atoms with Crippen LogP contribution in [0.15, 0.2) is 69.9 Å². The first-order chi connectivity index (χ1) is 63.6. The van der Waals surface area contributed by atoms with Crippen molar-refractivity contribution >= 4 is 203 Å². The van der Waals surface area contributed by atoms with Gasteiger partial charge in [0, 0.05) is 49.0 Å². The van der Waals surface area contributed by atoms with Crippen LogP contribution in [0.5, 0.6) is 0 Å². The predicted molar refractivity (Wildman–Crippen MR) is 469 cm³/mol. The molecule has 57 nitrogen and oxygen atoms in total. The molecule has 12 aromatic heterocycles. The molecule has 0 radical (unpaired) electrons. The second-order valence-electron chi connectivity index (χ2n) is 30.4. The Kier molecular flexibility index (Phi) is 25.6. The summed E-state index contributed by atoms with van der Waals surface area (Å²) in [5.41, 5.74) is 33.0. The lowest BCUT2D eigenvalue weighted by atomic mass is 9.99. The van der Waals surface area contributed by atoms with Crippen LogP contribution in [0, 0.1) is 12.3 Å². The summed E-state index contributed by atoms with van der Waals surface area (Å²) < 4.78 is 172. The molecule has 9 aliphatic heterocycles. The Hall–Kier alpha value is -8.24. The Balaban J connectivity index is 0.000000129. The highest BCUT2D eigenvalue weighted by atomic mass is 32.7. The average molecular weight is 2100 g/mol. The fourth-order valence-electron chi connectivity index (χ4n) is 15.8. The Morgan fingerprint density at radius 2 is 0.858 bits per heavy atom. The van der Waals surface area contributed by atoms with E-state index in [1.807, 2.05) is 0 Å². The van der Waals surface area contributed by atoms with Crippen molar-refractivity contribution in [3.8, 4) is 12.3 Å². The van der Waals surface area contributed by atoms with Crippen LogP contribution >= 0.6 is 52.6 Å². The van der Waals surface area contributed by atoms with Crippen LogP contribution in [0.25, 0.3) is 55.9 Å². The molecule has 6 unspecified atom stereocenters. The minimum Gasteiger partial charge on any atom is -0.397 e. The average Bonchev–Trinajstić information content (AvgIpc) is 1.67. The predicted octanol–water partition coefficient (Wildman–Crippen LogP) is 0.199. The molecule has 9 aliphatic rings. The zero-order valence-electron chi connectivity index (χ0n) is 67.1. The van der Waals surface area contributed by atoms with E-state index in [4.69, 9.17) is 183 Å². The summed E-state index contributed by atoms with van der Waals surface area (Å²) in [7, 11) is 0. The zero-order valence-corrected chi connectivity index (χ0v) is 77.4. The molecule has 6 bridgehead atoms. The molecule has 9 fully saturated rings. The van der Waals surface area contributed by atoms with E-state index in [1.165, 1.54) is 46.3 Å². The van der Waals surface area contributed by atoms with E-state index in [0.29, 0.717) is 50.9 Å². The van der Waals surface area contributed by atoms with Gasteiger partial charge >= 0.3 is 40.4 Å². The van der Waals surface area contributed by atoms with Crippen LogP contribution in [0.2, 0.25) is 0 Å². The van der Waals surface area contributed by atoms with Crippen molar-refractivity contribution in [2.24, 2.45) is 0 Å². The van der Waals surface area contributed by atoms with E-state index in [1.54, 1.807) is 22.8 Å². The molecule has 21 heterocycles. The number of thiol groups is 1. The third-order valence-electron chi connectivity index (χ3n) is 21.9. The van der Waals surface area contributed by atoms with E-state index in [0.717, 1.165) is 14.0 Å². The van der Waals surface area contributed by atoms with Gasteiger partial charge in [-0.3, -0.25) is 56.5 Å². The monoisotopic (exact) mass is 2100 g/mol. The maximum atomic E-state index is 15.9. The molecule has 716 valence electrons. The SMILES string of the molecule is C#C[C@@]12COP(O)(=S)O[C@@H]3[C@@H](F)[C@@H](COP(=O)(S)O[C@H]1C[C@H](n1cnc4c(N)ccnc41)O2)O[C@H]3n1nnc2c(=O)[nH]c(N)nc21.Nc1nc2c(nnn2[C@@H]2O[C@@H]3COP(O)(=S)O[C@H]4C[C@H](c5cnn6c(N)ccnc56)O[C@@H]4COP(O)(=S)O[C@@H]2[C@H]3F)c(=O)[nH]1.Nc1nc2c(nnn2[C@@H]2O[C@@H]3COP(O)(=S)O[C@H]4C[C@H](c5cnn6c(N)ccnc56)O[C@@H]4COP(O)(=S)O[C@@H]2[C@H]3F)c(=O)[nH]1. The Bertz CT molecular complexity index is 6930. The first-order valence-corrected chi connectivity index (χ1v) is 54.6. The molecule has 20 N–H and O–H groups in total. The fourth-order valence-corrected chi connectivity index (χ4v) is 24.5. The Morgan fingerprint density at radius 1 is 0.478 bits per heavy atom. The Morgan fingerprint density at radius 3 is 1.28 bits per heavy atom. The number of H-pyrrole nitrogens is 3. The number of terminal acetylenes is 1. The van der Waals surface area contributed by atoms with Gasteiger partial charge in [0.1, 0.15) is 78.3 Å². The van der Waals surface area contributed by atoms with Gasteiger partial charge < -0.3 is 119 Å². The maximum Gasteiger partial charge on any atom is 0.386 e. The number of ether oxygens (including phenoxy) is 6. The van der Waals surface area contributed by atoms with Crippen molar-refractivity contribution < 1.29 is 125 Å². The number of alkyl halides is 3. The number of nitrogens with two attached hydrogens (primary N) is 6. The summed E-state index contributed by atoms with van der Waals surface area (Å²) in [5.74, 6) is 2.34. The van der Waals surface area contributed by atoms with Gasteiger partial charge in [-0.1, -0.05) is 33.8 Å². The Labute approximate surface area is 773 Å². The highest BCUT2D eigenvalue weighted by molar-refractivity contribution is 8.44. The number of rotatable bonds is 6. The number of halogens is 3. The second-order valence-corrected chi connectivity index (χ2v) is 47.3. The summed E-state index contributed by atoms with van der Waals surface area (Å²) in [6.45, 7) is -28.6. The van der Waals surface area contributed by atoms with Gasteiger partial charge in [-0.2, -0.15) is 48.2 Å². The van der Waals surface area contributed by atoms with Crippen molar-refractivity contribution in [1.82, 2.24) is 119 Å². The lowest BCUT2D eigenvalue weighted by Crippen LogP contribution is -2.43. The first kappa shape index (κ1) is 94.7. The number of anilines is 6. The summed E-state index contributed by atoms with van der Waals surface area (Å²) in [4.78, 5) is 128. The summed E-state index contributed by atoms with van der Waals surface area (Å²) in [6.07, 6.45) is -12.1. The van der Waals surface area contributed by atoms with E-state index in [2.05, 4.69) is 109 Å². The van der Waals surface area contributed by atoms with E-state index in [-0.39, 0.29) is 70.6 Å². The molecule has 27 atom stereocenters. The summed E-state index contributed by atoms with van der Waals surface area (Å²) in [6, 6.07) is 4.74. The highest BCUT2D eigenvalue weighted by Crippen LogP contribution is 2.62. The minimum atomic E-state index is -4.39. The van der Waals surface area contributed by atoms with Crippen molar-refractivity contribution in [2.45, 2.75) is 148 Å². The van der Waals surface area contributed by atoms with Crippen LogP contribution in [-0.4, -0.2) is 274 Å². The molecule has 21 rings (SSSR count). The van der Waals surface area contributed by atoms with Crippen LogP contribution in [0.1, 0.15) is 67.5 Å². The number of aromatic amines is 3. The smallest absolute Gasteiger partial charge is 0.386 e. The van der Waals surface area contributed by atoms with Crippen LogP contribution < -0.4 is 51.1 Å². The molecule has 0 saturated carbocycles. The fraction of sp³-hybridized carbons (Fsp3) is 0.484. The van der Waals surface area contributed by atoms with E-state index >= 15 is 13.2 Å². The molecule has 72 heteroatoms. The van der Waals surface area contributed by atoms with E-state index in [9.17, 15) is 43.4 Å². The van der Waals surface area contributed by atoms with Crippen molar-refractivity contribution in [3.63, 3.8) is 0 Å². The molecule has 0 aromatic carbocycles. The number of pyridine rings is 1. The molecule has 9 saturated heterocycles. The van der Waals surface area contributed by atoms with Gasteiger partial charge in [0.2, 0.25) is 17.8 Å². The third kappa shape index (κ3) is 18.6. The number of fused-ring (bicyclic) bond motifs is 15. The highest BCUT2D eigenvalue weighted by Gasteiger charge is 2.59. The number of nitrogens with zero attached hydrogens (tertiary/aromatic N) is 21. The van der Waals surface area contributed by atoms with Crippen molar-refractivity contribution in [2.75, 3.05) is 74.0 Å². The van der Waals surface area contributed by atoms with Gasteiger partial charge in [0.15, 0.2) is 93.2 Å². The van der Waals surface area contributed by atoms with Crippen molar-refractivity contribution in [1.29, 1.82) is 0 Å². The normalized spacial score (nSPS) is 36.7. The van der Waals surface area contributed by atoms with Crippen LogP contribution in [-0.2, 0) is 146 Å². The first-order valence-electron chi connectivity index (χ1n) is 38.9. The van der Waals surface area contributed by atoms with Gasteiger partial charge in [-0.25, -0.2) is 37.7 Å². The number of nitrogen functional groups attached to an aromatic ring is 6. The second kappa shape index (κ2) is 36.2. The largest absolute Gasteiger partial charge is 0.397 e. The summed E-state index contributed by atoms with van der Waals surface area (Å²) in [5, 5.41) is 31.3. The van der Waals surface area contributed by atoms with Gasteiger partial charge in [-0.05, 0) is 77.2 Å².